The van der Waals surface area contributed by atoms with Crippen molar-refractivity contribution in [2.45, 2.75) is 12.3 Å². The summed E-state index contributed by atoms with van der Waals surface area (Å²) in [6.45, 7) is 0.481. The van der Waals surface area contributed by atoms with Crippen LogP contribution < -0.4 is 4.74 Å². The van der Waals surface area contributed by atoms with E-state index in [1.165, 1.54) is 17.2 Å². The Morgan fingerprint density at radius 1 is 1.21 bits per heavy atom. The molecule has 2 nitrogen and oxygen atoms in total. The average Bonchev–Trinajstić information content (AvgIpc) is 2.40. The maximum absolute atomic E-state index is 13.4. The van der Waals surface area contributed by atoms with E-state index in [-0.39, 0.29) is 5.56 Å². The predicted molar refractivity (Wildman–Crippen MR) is 69.5 cm³/mol. The number of hydrogen-bond donors (Lipinski definition) is 0. The minimum Gasteiger partial charge on any atom is -0.491 e. The van der Waals surface area contributed by atoms with Gasteiger partial charge >= 0.3 is 0 Å². The van der Waals surface area contributed by atoms with Crippen LogP contribution in [0.3, 0.4) is 0 Å². The van der Waals surface area contributed by atoms with E-state index in [2.05, 4.69) is 12.1 Å². The van der Waals surface area contributed by atoms with Crippen molar-refractivity contribution in [2.24, 2.45) is 0 Å². The van der Waals surface area contributed by atoms with Gasteiger partial charge in [0.25, 0.3) is 0 Å². The Kier molecular flexibility index (Phi) is 2.92. The molecule has 0 radical (unpaired) electrons. The van der Waals surface area contributed by atoms with Crippen molar-refractivity contribution < 1.29 is 9.13 Å². The van der Waals surface area contributed by atoms with Crippen molar-refractivity contribution in [1.29, 1.82) is 5.26 Å². The van der Waals surface area contributed by atoms with Crippen LogP contribution in [0.2, 0.25) is 0 Å². The number of nitriles is 1. The summed E-state index contributed by atoms with van der Waals surface area (Å²) >= 11 is 0. The molecule has 0 N–H and O–H groups in total. The highest BCUT2D eigenvalue weighted by Gasteiger charge is 2.26. The van der Waals surface area contributed by atoms with Gasteiger partial charge in [-0.1, -0.05) is 30.3 Å². The lowest BCUT2D eigenvalue weighted by Gasteiger charge is -2.29. The molecule has 0 aliphatic heterocycles. The third-order valence-electron chi connectivity index (χ3n) is 3.49. The van der Waals surface area contributed by atoms with Crippen molar-refractivity contribution in [3.8, 4) is 11.8 Å². The first kappa shape index (κ1) is 11.7. The third-order valence-corrected chi connectivity index (χ3v) is 3.49. The summed E-state index contributed by atoms with van der Waals surface area (Å²) in [5.74, 6) is 0.131. The molecule has 1 atom stereocenters. The number of rotatable bonds is 3. The highest BCUT2D eigenvalue weighted by molar-refractivity contribution is 5.44. The number of fused-ring (bicyclic) bond motifs is 1. The van der Waals surface area contributed by atoms with Gasteiger partial charge < -0.3 is 4.74 Å². The molecule has 0 heterocycles. The zero-order chi connectivity index (χ0) is 13.2. The largest absolute Gasteiger partial charge is 0.491 e. The van der Waals surface area contributed by atoms with Crippen LogP contribution in [-0.4, -0.2) is 6.61 Å². The number of hydrogen-bond acceptors (Lipinski definition) is 2. The molecule has 0 aromatic heterocycles. The van der Waals surface area contributed by atoms with Gasteiger partial charge in [0.2, 0.25) is 0 Å². The molecular weight excluding hydrogens is 241 g/mol. The van der Waals surface area contributed by atoms with E-state index < -0.39 is 5.82 Å². The Hall–Kier alpha value is -2.34. The quantitative estimate of drug-likeness (QED) is 0.839. The molecule has 2 aromatic rings. The summed E-state index contributed by atoms with van der Waals surface area (Å²) in [6, 6.07) is 14.5. The molecule has 1 aliphatic carbocycles. The summed E-state index contributed by atoms with van der Waals surface area (Å²) in [5, 5.41) is 8.92. The van der Waals surface area contributed by atoms with E-state index in [1.807, 2.05) is 18.2 Å². The Balaban J connectivity index is 1.72. The maximum atomic E-state index is 13.4. The minimum absolute atomic E-state index is 0.0184. The predicted octanol–water partition coefficient (Wildman–Crippen LogP) is 3.42. The van der Waals surface area contributed by atoms with Crippen LogP contribution in [0, 0.1) is 17.1 Å². The van der Waals surface area contributed by atoms with E-state index in [4.69, 9.17) is 10.00 Å². The molecule has 0 bridgehead atoms. The summed E-state index contributed by atoms with van der Waals surface area (Å²) in [5.41, 5.74) is 2.61. The molecule has 2 aromatic carbocycles. The first-order chi connectivity index (χ1) is 9.29. The first-order valence-corrected chi connectivity index (χ1v) is 6.19. The number of ether oxygens (including phenoxy) is 1. The van der Waals surface area contributed by atoms with Gasteiger partial charge in [-0.25, -0.2) is 4.39 Å². The van der Waals surface area contributed by atoms with E-state index in [0.29, 0.717) is 18.3 Å². The number of nitrogens with zero attached hydrogens (tertiary/aromatic N) is 1. The zero-order valence-electron chi connectivity index (χ0n) is 10.3. The van der Waals surface area contributed by atoms with Gasteiger partial charge in [0, 0.05) is 5.92 Å². The number of benzene rings is 2. The van der Waals surface area contributed by atoms with Crippen LogP contribution in [0.25, 0.3) is 0 Å². The van der Waals surface area contributed by atoms with Crippen LogP contribution >= 0.6 is 0 Å². The summed E-state index contributed by atoms with van der Waals surface area (Å²) in [7, 11) is 0. The van der Waals surface area contributed by atoms with Crippen molar-refractivity contribution in [3.63, 3.8) is 0 Å². The molecule has 3 rings (SSSR count). The van der Waals surface area contributed by atoms with Crippen LogP contribution in [-0.2, 0) is 6.42 Å². The van der Waals surface area contributed by atoms with Gasteiger partial charge in [-0.2, -0.15) is 5.26 Å². The molecule has 1 aliphatic rings. The molecule has 94 valence electrons. The molecule has 0 saturated heterocycles. The van der Waals surface area contributed by atoms with E-state index in [0.717, 1.165) is 6.42 Å². The van der Waals surface area contributed by atoms with Crippen LogP contribution in [0.4, 0.5) is 4.39 Å². The minimum atomic E-state index is -0.533. The first-order valence-electron chi connectivity index (χ1n) is 6.19. The van der Waals surface area contributed by atoms with Crippen molar-refractivity contribution in [2.75, 3.05) is 6.61 Å². The van der Waals surface area contributed by atoms with Crippen LogP contribution in [0.15, 0.2) is 42.5 Å². The fourth-order valence-corrected chi connectivity index (χ4v) is 2.43. The monoisotopic (exact) mass is 253 g/mol. The highest BCUT2D eigenvalue weighted by Crippen LogP contribution is 2.35. The molecule has 19 heavy (non-hydrogen) atoms. The van der Waals surface area contributed by atoms with Crippen LogP contribution in [0.5, 0.6) is 5.75 Å². The SMILES string of the molecule is N#Cc1c(F)cccc1OCC1Cc2ccccc21. The summed E-state index contributed by atoms with van der Waals surface area (Å²) < 4.78 is 19.0. The summed E-state index contributed by atoms with van der Waals surface area (Å²) in [6.07, 6.45) is 0.980. The van der Waals surface area contributed by atoms with E-state index in [9.17, 15) is 4.39 Å². The second-order valence-electron chi connectivity index (χ2n) is 4.64. The van der Waals surface area contributed by atoms with Gasteiger partial charge in [-0.05, 0) is 29.7 Å². The van der Waals surface area contributed by atoms with Gasteiger partial charge in [0.15, 0.2) is 0 Å². The lowest BCUT2D eigenvalue weighted by atomic mass is 9.78. The number of halogens is 1. The van der Waals surface area contributed by atoms with Crippen molar-refractivity contribution >= 4 is 0 Å². The average molecular weight is 253 g/mol. The zero-order valence-corrected chi connectivity index (χ0v) is 10.3. The Bertz CT molecular complexity index is 660. The lowest BCUT2D eigenvalue weighted by molar-refractivity contribution is 0.273. The smallest absolute Gasteiger partial charge is 0.144 e. The van der Waals surface area contributed by atoms with Crippen LogP contribution in [0.1, 0.15) is 22.6 Å². The molecule has 0 saturated carbocycles. The lowest BCUT2D eigenvalue weighted by Crippen LogP contribution is -2.23. The molecule has 0 fully saturated rings. The normalized spacial score (nSPS) is 16.1. The third kappa shape index (κ3) is 2.06. The van der Waals surface area contributed by atoms with E-state index >= 15 is 0 Å². The molecule has 0 spiro atoms. The van der Waals surface area contributed by atoms with Crippen molar-refractivity contribution in [1.82, 2.24) is 0 Å². The second kappa shape index (κ2) is 4.74. The Morgan fingerprint density at radius 2 is 2.05 bits per heavy atom. The Labute approximate surface area is 111 Å². The fraction of sp³-hybridized carbons (Fsp3) is 0.188. The van der Waals surface area contributed by atoms with Crippen molar-refractivity contribution in [3.05, 3.63) is 65.0 Å². The van der Waals surface area contributed by atoms with Gasteiger partial charge in [0.05, 0.1) is 6.61 Å². The highest BCUT2D eigenvalue weighted by atomic mass is 19.1. The Morgan fingerprint density at radius 3 is 2.84 bits per heavy atom. The van der Waals surface area contributed by atoms with Gasteiger partial charge in [0.1, 0.15) is 23.2 Å². The fourth-order valence-electron chi connectivity index (χ4n) is 2.43. The standard InChI is InChI=1S/C16H12FNO/c17-15-6-3-7-16(14(15)9-18)19-10-12-8-11-4-1-2-5-13(11)12/h1-7,12H,8,10H2. The maximum Gasteiger partial charge on any atom is 0.144 e. The molecule has 3 heteroatoms. The molecule has 0 amide bonds. The van der Waals surface area contributed by atoms with Gasteiger partial charge in [-0.15, -0.1) is 0 Å². The summed E-state index contributed by atoms with van der Waals surface area (Å²) in [4.78, 5) is 0. The molecule has 1 unspecified atom stereocenters. The van der Waals surface area contributed by atoms with Gasteiger partial charge in [-0.3, -0.25) is 0 Å². The topological polar surface area (TPSA) is 33.0 Å². The second-order valence-corrected chi connectivity index (χ2v) is 4.64. The molecular formula is C16H12FNO. The van der Waals surface area contributed by atoms with E-state index in [1.54, 1.807) is 12.1 Å².